The van der Waals surface area contributed by atoms with Crippen molar-refractivity contribution in [2.45, 2.75) is 57.0 Å². The van der Waals surface area contributed by atoms with E-state index in [0.29, 0.717) is 24.7 Å². The van der Waals surface area contributed by atoms with Crippen LogP contribution in [0.5, 0.6) is 0 Å². The SMILES string of the molecule is O=C(NC1CC(=O)N(C2CCCCCC2)C1)c1cnccn1. The minimum atomic E-state index is -0.256. The van der Waals surface area contributed by atoms with Crippen LogP contribution in [0.3, 0.4) is 0 Å². The van der Waals surface area contributed by atoms with Gasteiger partial charge in [0.05, 0.1) is 12.2 Å². The van der Waals surface area contributed by atoms with Gasteiger partial charge in [-0.15, -0.1) is 0 Å². The maximum atomic E-state index is 12.3. The van der Waals surface area contributed by atoms with Crippen LogP contribution in [0.25, 0.3) is 0 Å². The third-order valence-corrected chi connectivity index (χ3v) is 4.55. The molecule has 1 unspecified atom stereocenters. The molecule has 2 aliphatic rings. The first-order valence-electron chi connectivity index (χ1n) is 8.10. The highest BCUT2D eigenvalue weighted by molar-refractivity contribution is 5.93. The second kappa shape index (κ2) is 6.85. The van der Waals surface area contributed by atoms with E-state index in [1.165, 1.54) is 44.3 Å². The number of nitrogens with one attached hydrogen (secondary N) is 1. The summed E-state index contributed by atoms with van der Waals surface area (Å²) < 4.78 is 0. The van der Waals surface area contributed by atoms with E-state index in [-0.39, 0.29) is 17.9 Å². The molecule has 1 saturated heterocycles. The van der Waals surface area contributed by atoms with Gasteiger partial charge in [-0.25, -0.2) is 4.98 Å². The van der Waals surface area contributed by atoms with E-state index < -0.39 is 0 Å². The number of hydrogen-bond donors (Lipinski definition) is 1. The summed E-state index contributed by atoms with van der Waals surface area (Å²) in [5.41, 5.74) is 0.294. The van der Waals surface area contributed by atoms with Gasteiger partial charge in [0.15, 0.2) is 0 Å². The lowest BCUT2D eigenvalue weighted by molar-refractivity contribution is -0.129. The smallest absolute Gasteiger partial charge is 0.271 e. The van der Waals surface area contributed by atoms with Crippen LogP contribution in [0.1, 0.15) is 55.4 Å². The van der Waals surface area contributed by atoms with Crippen molar-refractivity contribution in [3.8, 4) is 0 Å². The summed E-state index contributed by atoms with van der Waals surface area (Å²) in [4.78, 5) is 34.2. The fourth-order valence-corrected chi connectivity index (χ4v) is 3.43. The Bertz CT molecular complexity index is 526. The molecule has 6 nitrogen and oxygen atoms in total. The van der Waals surface area contributed by atoms with E-state index in [1.54, 1.807) is 0 Å². The van der Waals surface area contributed by atoms with Crippen LogP contribution in [0.4, 0.5) is 0 Å². The van der Waals surface area contributed by atoms with Crippen molar-refractivity contribution in [3.05, 3.63) is 24.3 Å². The van der Waals surface area contributed by atoms with E-state index in [9.17, 15) is 9.59 Å². The molecule has 3 rings (SSSR count). The largest absolute Gasteiger partial charge is 0.346 e. The first-order valence-corrected chi connectivity index (χ1v) is 8.10. The molecule has 2 fully saturated rings. The van der Waals surface area contributed by atoms with Gasteiger partial charge in [0.1, 0.15) is 5.69 Å². The predicted molar refractivity (Wildman–Crippen MR) is 81.1 cm³/mol. The summed E-state index contributed by atoms with van der Waals surface area (Å²) in [6.45, 7) is 0.621. The summed E-state index contributed by atoms with van der Waals surface area (Å²) in [6, 6.07) is 0.235. The number of likely N-dealkylation sites (tertiary alicyclic amines) is 1. The van der Waals surface area contributed by atoms with Gasteiger partial charge in [0.25, 0.3) is 5.91 Å². The standard InChI is InChI=1S/C16H22N4O2/c21-15-9-12(19-16(22)14-10-17-7-8-18-14)11-20(15)13-5-3-1-2-4-6-13/h7-8,10,12-13H,1-6,9,11H2,(H,19,22). The van der Waals surface area contributed by atoms with Crippen LogP contribution in [0.15, 0.2) is 18.6 Å². The number of nitrogens with zero attached hydrogens (tertiary/aromatic N) is 3. The van der Waals surface area contributed by atoms with Crippen molar-refractivity contribution < 1.29 is 9.59 Å². The second-order valence-electron chi connectivity index (χ2n) is 6.16. The van der Waals surface area contributed by atoms with Gasteiger partial charge in [-0.1, -0.05) is 25.7 Å². The zero-order chi connectivity index (χ0) is 15.4. The lowest BCUT2D eigenvalue weighted by Gasteiger charge is -2.27. The fourth-order valence-electron chi connectivity index (χ4n) is 3.43. The van der Waals surface area contributed by atoms with Gasteiger partial charge in [-0.05, 0) is 12.8 Å². The van der Waals surface area contributed by atoms with Gasteiger partial charge >= 0.3 is 0 Å². The number of rotatable bonds is 3. The summed E-state index contributed by atoms with van der Waals surface area (Å²) in [6.07, 6.45) is 12.0. The molecule has 1 atom stereocenters. The normalized spacial score (nSPS) is 23.4. The molecule has 1 aromatic rings. The minimum Gasteiger partial charge on any atom is -0.346 e. The molecule has 2 amide bonds. The van der Waals surface area contributed by atoms with E-state index in [2.05, 4.69) is 15.3 Å². The number of carbonyl (C=O) groups is 2. The highest BCUT2D eigenvalue weighted by Crippen LogP contribution is 2.25. The van der Waals surface area contributed by atoms with Crippen LogP contribution < -0.4 is 5.32 Å². The Hall–Kier alpha value is -1.98. The molecule has 0 aromatic carbocycles. The molecule has 6 heteroatoms. The van der Waals surface area contributed by atoms with Gasteiger partial charge in [0, 0.05) is 31.4 Å². The van der Waals surface area contributed by atoms with E-state index in [4.69, 9.17) is 0 Å². The molecule has 118 valence electrons. The Kier molecular flexibility index (Phi) is 4.65. The van der Waals surface area contributed by atoms with Crippen molar-refractivity contribution >= 4 is 11.8 Å². The Morgan fingerprint density at radius 2 is 1.95 bits per heavy atom. The molecule has 1 saturated carbocycles. The summed E-state index contributed by atoms with van der Waals surface area (Å²) in [5.74, 6) is -0.0926. The molecule has 1 N–H and O–H groups in total. The number of carbonyl (C=O) groups excluding carboxylic acids is 2. The maximum Gasteiger partial charge on any atom is 0.271 e. The van der Waals surface area contributed by atoms with Crippen molar-refractivity contribution in [3.63, 3.8) is 0 Å². The zero-order valence-electron chi connectivity index (χ0n) is 12.7. The van der Waals surface area contributed by atoms with Crippen molar-refractivity contribution in [1.29, 1.82) is 0 Å². The van der Waals surface area contributed by atoms with Crippen LogP contribution >= 0.6 is 0 Å². The molecule has 22 heavy (non-hydrogen) atoms. The molecular weight excluding hydrogens is 280 g/mol. The maximum absolute atomic E-state index is 12.3. The minimum absolute atomic E-state index is 0.120. The molecular formula is C16H22N4O2. The molecule has 1 aromatic heterocycles. The molecule has 0 bridgehead atoms. The monoisotopic (exact) mass is 302 g/mol. The lowest BCUT2D eigenvalue weighted by Crippen LogP contribution is -2.40. The van der Waals surface area contributed by atoms with Crippen molar-refractivity contribution in [2.75, 3.05) is 6.54 Å². The van der Waals surface area contributed by atoms with Crippen LogP contribution in [-0.4, -0.2) is 45.3 Å². The average Bonchev–Trinajstić information content (AvgIpc) is 2.75. The fraction of sp³-hybridized carbons (Fsp3) is 0.625. The van der Waals surface area contributed by atoms with Crippen LogP contribution in [-0.2, 0) is 4.79 Å². The molecule has 1 aliphatic carbocycles. The Morgan fingerprint density at radius 3 is 2.64 bits per heavy atom. The number of aromatic nitrogens is 2. The second-order valence-corrected chi connectivity index (χ2v) is 6.16. The van der Waals surface area contributed by atoms with Gasteiger partial charge in [-0.3, -0.25) is 14.6 Å². The van der Waals surface area contributed by atoms with E-state index in [0.717, 1.165) is 12.8 Å². The highest BCUT2D eigenvalue weighted by atomic mass is 16.2. The average molecular weight is 302 g/mol. The lowest BCUT2D eigenvalue weighted by atomic mass is 10.1. The predicted octanol–water partition coefficient (Wildman–Crippen LogP) is 1.53. The highest BCUT2D eigenvalue weighted by Gasteiger charge is 2.35. The van der Waals surface area contributed by atoms with E-state index in [1.807, 2.05) is 4.90 Å². The molecule has 2 heterocycles. The summed E-state index contributed by atoms with van der Waals surface area (Å²) >= 11 is 0. The molecule has 0 spiro atoms. The summed E-state index contributed by atoms with van der Waals surface area (Å²) in [7, 11) is 0. The first kappa shape index (κ1) is 14.9. The summed E-state index contributed by atoms with van der Waals surface area (Å²) in [5, 5.41) is 2.91. The third kappa shape index (κ3) is 3.43. The van der Waals surface area contributed by atoms with Crippen LogP contribution in [0, 0.1) is 0 Å². The number of hydrogen-bond acceptors (Lipinski definition) is 4. The third-order valence-electron chi connectivity index (χ3n) is 4.55. The molecule has 0 radical (unpaired) electrons. The Morgan fingerprint density at radius 1 is 1.18 bits per heavy atom. The first-order chi connectivity index (χ1) is 10.7. The Labute approximate surface area is 130 Å². The van der Waals surface area contributed by atoms with Gasteiger partial charge in [-0.2, -0.15) is 0 Å². The quantitative estimate of drug-likeness (QED) is 0.859. The molecule has 1 aliphatic heterocycles. The van der Waals surface area contributed by atoms with Crippen molar-refractivity contribution in [2.24, 2.45) is 0 Å². The zero-order valence-corrected chi connectivity index (χ0v) is 12.7. The van der Waals surface area contributed by atoms with Crippen LogP contribution in [0.2, 0.25) is 0 Å². The number of amides is 2. The van der Waals surface area contributed by atoms with Gasteiger partial charge in [0.2, 0.25) is 5.91 Å². The topological polar surface area (TPSA) is 75.2 Å². The van der Waals surface area contributed by atoms with E-state index >= 15 is 0 Å². The van der Waals surface area contributed by atoms with Crippen molar-refractivity contribution in [1.82, 2.24) is 20.2 Å². The Balaban J connectivity index is 1.58. The van der Waals surface area contributed by atoms with Gasteiger partial charge < -0.3 is 10.2 Å².